The number of carbonyl (C=O) groups excluding carboxylic acids is 1. The van der Waals surface area contributed by atoms with Crippen LogP contribution in [0.25, 0.3) is 0 Å². The quantitative estimate of drug-likeness (QED) is 0.651. The SMILES string of the molecule is Cc1cc(C)cc(C(C)NC(=O)c2cn3c(n2)CCC(c2ccc(F)c(C)c2)C3)c1. The summed E-state index contributed by atoms with van der Waals surface area (Å²) in [5.41, 5.74) is 5.73. The largest absolute Gasteiger partial charge is 0.344 e. The second kappa shape index (κ2) is 8.05. The van der Waals surface area contributed by atoms with Gasteiger partial charge in [-0.25, -0.2) is 9.37 Å². The van der Waals surface area contributed by atoms with Crippen molar-refractivity contribution in [2.75, 3.05) is 0 Å². The van der Waals surface area contributed by atoms with Crippen molar-refractivity contribution in [2.24, 2.45) is 0 Å². The Morgan fingerprint density at radius 1 is 1.17 bits per heavy atom. The molecule has 3 aromatic rings. The van der Waals surface area contributed by atoms with E-state index < -0.39 is 0 Å². The molecule has 0 spiro atoms. The fourth-order valence-corrected chi connectivity index (χ4v) is 4.36. The number of rotatable bonds is 4. The molecule has 1 N–H and O–H groups in total. The van der Waals surface area contributed by atoms with Crippen molar-refractivity contribution in [1.82, 2.24) is 14.9 Å². The highest BCUT2D eigenvalue weighted by molar-refractivity contribution is 5.92. The topological polar surface area (TPSA) is 46.9 Å². The standard InChI is InChI=1S/C25H28FN3O/c1-15-9-16(2)11-21(10-15)18(4)27-25(30)23-14-29-13-20(6-8-24(29)28-23)19-5-7-22(26)17(3)12-19/h5,7,9-12,14,18,20H,6,8,13H2,1-4H3,(H,27,30). The molecule has 2 atom stereocenters. The maximum absolute atomic E-state index is 13.6. The van der Waals surface area contributed by atoms with Gasteiger partial charge in [-0.05, 0) is 56.9 Å². The number of fused-ring (bicyclic) bond motifs is 1. The molecule has 2 aromatic carbocycles. The van der Waals surface area contributed by atoms with Crippen LogP contribution in [-0.2, 0) is 13.0 Å². The van der Waals surface area contributed by atoms with Gasteiger partial charge in [-0.15, -0.1) is 0 Å². The van der Waals surface area contributed by atoms with Crippen LogP contribution < -0.4 is 5.32 Å². The number of benzene rings is 2. The van der Waals surface area contributed by atoms with E-state index in [1.807, 2.05) is 25.3 Å². The lowest BCUT2D eigenvalue weighted by atomic mass is 9.90. The van der Waals surface area contributed by atoms with Gasteiger partial charge in [-0.2, -0.15) is 0 Å². The van der Waals surface area contributed by atoms with Crippen LogP contribution in [0.2, 0.25) is 0 Å². The van der Waals surface area contributed by atoms with Crippen molar-refractivity contribution in [2.45, 2.75) is 59.0 Å². The molecule has 0 saturated carbocycles. The lowest BCUT2D eigenvalue weighted by molar-refractivity contribution is 0.0935. The smallest absolute Gasteiger partial charge is 0.271 e. The molecule has 4 rings (SSSR count). The van der Waals surface area contributed by atoms with E-state index in [2.05, 4.69) is 46.9 Å². The van der Waals surface area contributed by atoms with Crippen LogP contribution in [0.3, 0.4) is 0 Å². The first-order valence-corrected chi connectivity index (χ1v) is 10.5. The van der Waals surface area contributed by atoms with Crippen molar-refractivity contribution >= 4 is 5.91 Å². The van der Waals surface area contributed by atoms with Crippen molar-refractivity contribution in [3.05, 3.63) is 87.7 Å². The first-order valence-electron chi connectivity index (χ1n) is 10.5. The molecule has 0 radical (unpaired) electrons. The molecule has 1 aliphatic heterocycles. The Bertz CT molecular complexity index is 1080. The molecule has 1 amide bonds. The zero-order valence-corrected chi connectivity index (χ0v) is 18.0. The molecule has 4 nitrogen and oxygen atoms in total. The number of halogens is 1. The predicted octanol–water partition coefficient (Wildman–Crippen LogP) is 5.17. The summed E-state index contributed by atoms with van der Waals surface area (Å²) >= 11 is 0. The molecular formula is C25H28FN3O. The molecule has 0 fully saturated rings. The first-order chi connectivity index (χ1) is 14.3. The van der Waals surface area contributed by atoms with Gasteiger partial charge in [-0.1, -0.05) is 41.5 Å². The summed E-state index contributed by atoms with van der Waals surface area (Å²) in [6.45, 7) is 8.67. The van der Waals surface area contributed by atoms with Gasteiger partial charge in [0.05, 0.1) is 6.04 Å². The van der Waals surface area contributed by atoms with Crippen molar-refractivity contribution in [3.8, 4) is 0 Å². The van der Waals surface area contributed by atoms with Gasteiger partial charge >= 0.3 is 0 Å². The number of amides is 1. The monoisotopic (exact) mass is 405 g/mol. The first kappa shape index (κ1) is 20.3. The lowest BCUT2D eigenvalue weighted by Crippen LogP contribution is -2.27. The number of aryl methyl sites for hydroxylation is 4. The fourth-order valence-electron chi connectivity index (χ4n) is 4.36. The minimum absolute atomic E-state index is 0.0928. The van der Waals surface area contributed by atoms with Crippen LogP contribution in [0.4, 0.5) is 4.39 Å². The average molecular weight is 406 g/mol. The van der Waals surface area contributed by atoms with Crippen LogP contribution >= 0.6 is 0 Å². The molecule has 1 aliphatic rings. The maximum Gasteiger partial charge on any atom is 0.271 e. The highest BCUT2D eigenvalue weighted by Gasteiger charge is 2.24. The van der Waals surface area contributed by atoms with E-state index in [1.54, 1.807) is 13.0 Å². The Labute approximate surface area is 177 Å². The summed E-state index contributed by atoms with van der Waals surface area (Å²) in [5.74, 6) is 0.915. The molecular weight excluding hydrogens is 377 g/mol. The molecule has 0 aliphatic carbocycles. The highest BCUT2D eigenvalue weighted by atomic mass is 19.1. The van der Waals surface area contributed by atoms with Crippen molar-refractivity contribution in [1.29, 1.82) is 0 Å². The summed E-state index contributed by atoms with van der Waals surface area (Å²) in [6.07, 6.45) is 3.60. The second-order valence-corrected chi connectivity index (χ2v) is 8.56. The summed E-state index contributed by atoms with van der Waals surface area (Å²) in [6, 6.07) is 11.6. The van der Waals surface area contributed by atoms with Gasteiger partial charge in [0.1, 0.15) is 17.3 Å². The normalized spacial score (nSPS) is 16.8. The number of aromatic nitrogens is 2. The van der Waals surface area contributed by atoms with E-state index >= 15 is 0 Å². The molecule has 1 aromatic heterocycles. The number of hydrogen-bond acceptors (Lipinski definition) is 2. The van der Waals surface area contributed by atoms with Gasteiger partial charge in [0, 0.05) is 25.1 Å². The zero-order chi connectivity index (χ0) is 21.4. The number of carbonyl (C=O) groups is 1. The molecule has 0 saturated heterocycles. The van der Waals surface area contributed by atoms with Gasteiger partial charge < -0.3 is 9.88 Å². The number of imidazole rings is 1. The third kappa shape index (κ3) is 4.16. The predicted molar refractivity (Wildman–Crippen MR) is 116 cm³/mol. The molecule has 156 valence electrons. The van der Waals surface area contributed by atoms with Gasteiger partial charge in [0.25, 0.3) is 5.91 Å². The van der Waals surface area contributed by atoms with E-state index in [-0.39, 0.29) is 17.8 Å². The molecule has 2 unspecified atom stereocenters. The number of hydrogen-bond donors (Lipinski definition) is 1. The third-order valence-corrected chi connectivity index (χ3v) is 5.97. The van der Waals surface area contributed by atoms with E-state index in [0.29, 0.717) is 17.2 Å². The van der Waals surface area contributed by atoms with Gasteiger partial charge in [0.2, 0.25) is 0 Å². The average Bonchev–Trinajstić information content (AvgIpc) is 3.13. The minimum Gasteiger partial charge on any atom is -0.344 e. The molecule has 2 heterocycles. The lowest BCUT2D eigenvalue weighted by Gasteiger charge is -2.24. The van der Waals surface area contributed by atoms with E-state index in [9.17, 15) is 9.18 Å². The van der Waals surface area contributed by atoms with Gasteiger partial charge in [0.15, 0.2) is 0 Å². The zero-order valence-electron chi connectivity index (χ0n) is 18.0. The summed E-state index contributed by atoms with van der Waals surface area (Å²) < 4.78 is 15.7. The van der Waals surface area contributed by atoms with Crippen molar-refractivity contribution < 1.29 is 9.18 Å². The molecule has 5 heteroatoms. The Balaban J connectivity index is 1.48. The number of nitrogens with one attached hydrogen (secondary N) is 1. The second-order valence-electron chi connectivity index (χ2n) is 8.56. The van der Waals surface area contributed by atoms with E-state index in [1.165, 1.54) is 11.1 Å². The molecule has 0 bridgehead atoms. The summed E-state index contributed by atoms with van der Waals surface area (Å²) in [5, 5.41) is 3.08. The Morgan fingerprint density at radius 2 is 1.90 bits per heavy atom. The third-order valence-electron chi connectivity index (χ3n) is 5.97. The summed E-state index contributed by atoms with van der Waals surface area (Å²) in [7, 11) is 0. The number of nitrogens with zero attached hydrogens (tertiary/aromatic N) is 2. The Morgan fingerprint density at radius 3 is 2.60 bits per heavy atom. The van der Waals surface area contributed by atoms with E-state index in [0.717, 1.165) is 36.3 Å². The van der Waals surface area contributed by atoms with Crippen molar-refractivity contribution in [3.63, 3.8) is 0 Å². The highest BCUT2D eigenvalue weighted by Crippen LogP contribution is 2.30. The molecule has 30 heavy (non-hydrogen) atoms. The van der Waals surface area contributed by atoms with Gasteiger partial charge in [-0.3, -0.25) is 4.79 Å². The van der Waals surface area contributed by atoms with Crippen LogP contribution in [0, 0.1) is 26.6 Å². The fraction of sp³-hybridized carbons (Fsp3) is 0.360. The van der Waals surface area contributed by atoms with Crippen LogP contribution in [-0.4, -0.2) is 15.5 Å². The van der Waals surface area contributed by atoms with Crippen LogP contribution in [0.15, 0.2) is 42.6 Å². The van der Waals surface area contributed by atoms with Crippen LogP contribution in [0.1, 0.15) is 69.4 Å². The minimum atomic E-state index is -0.172. The Kier molecular flexibility index (Phi) is 5.46. The Hall–Kier alpha value is -2.95. The summed E-state index contributed by atoms with van der Waals surface area (Å²) in [4.78, 5) is 17.4. The van der Waals surface area contributed by atoms with E-state index in [4.69, 9.17) is 0 Å². The van der Waals surface area contributed by atoms with Crippen LogP contribution in [0.5, 0.6) is 0 Å². The maximum atomic E-state index is 13.6.